The first kappa shape index (κ1) is 26.5. The van der Waals surface area contributed by atoms with Crippen LogP contribution in [0.2, 0.25) is 5.02 Å². The van der Waals surface area contributed by atoms with E-state index in [0.29, 0.717) is 23.2 Å². The molecule has 0 fully saturated rings. The quantitative estimate of drug-likeness (QED) is 0.317. The fourth-order valence-corrected chi connectivity index (χ4v) is 6.15. The Morgan fingerprint density at radius 1 is 1.09 bits per heavy atom. The molecule has 0 saturated heterocycles. The summed E-state index contributed by atoms with van der Waals surface area (Å²) in [5.74, 6) is -0.863. The summed E-state index contributed by atoms with van der Waals surface area (Å²) in [6.45, 7) is 8.90. The maximum Gasteiger partial charge on any atom is 0.228 e. The van der Waals surface area contributed by atoms with Crippen molar-refractivity contribution in [2.45, 2.75) is 38.5 Å². The van der Waals surface area contributed by atoms with Crippen LogP contribution in [-0.4, -0.2) is 56.1 Å². The molecule has 3 aromatic rings. The number of thiazole rings is 1. The van der Waals surface area contributed by atoms with Gasteiger partial charge in [-0.05, 0) is 68.4 Å². The highest BCUT2D eigenvalue weighted by molar-refractivity contribution is 7.91. The minimum atomic E-state index is -3.60. The van der Waals surface area contributed by atoms with E-state index in [4.69, 9.17) is 16.6 Å². The molecule has 34 heavy (non-hydrogen) atoms. The van der Waals surface area contributed by atoms with Crippen LogP contribution in [0.5, 0.6) is 0 Å². The molecule has 0 aliphatic carbocycles. The lowest BCUT2D eigenvalue weighted by atomic mass is 10.2. The van der Waals surface area contributed by atoms with Crippen molar-refractivity contribution in [1.29, 1.82) is 0 Å². The van der Waals surface area contributed by atoms with E-state index in [-0.39, 0.29) is 29.4 Å². The van der Waals surface area contributed by atoms with Crippen molar-refractivity contribution in [3.63, 3.8) is 0 Å². The van der Waals surface area contributed by atoms with Crippen LogP contribution >= 0.6 is 22.9 Å². The molecule has 0 atom stereocenters. The number of aromatic nitrogens is 1. The van der Waals surface area contributed by atoms with Crippen molar-refractivity contribution in [2.75, 3.05) is 36.8 Å². The second-order valence-corrected chi connectivity index (χ2v) is 11.5. The van der Waals surface area contributed by atoms with Crippen LogP contribution in [0.1, 0.15) is 32.3 Å². The number of anilines is 1. The van der Waals surface area contributed by atoms with Crippen molar-refractivity contribution >= 4 is 54.0 Å². The predicted octanol–water partition coefficient (Wildman–Crippen LogP) is 5.33. The molecule has 6 nitrogen and oxygen atoms in total. The lowest BCUT2D eigenvalue weighted by Crippen LogP contribution is -2.38. The van der Waals surface area contributed by atoms with Crippen LogP contribution in [0.3, 0.4) is 0 Å². The van der Waals surface area contributed by atoms with E-state index in [2.05, 4.69) is 18.7 Å². The normalized spacial score (nSPS) is 11.9. The third kappa shape index (κ3) is 6.33. The summed E-state index contributed by atoms with van der Waals surface area (Å²) in [6, 6.07) is 8.45. The van der Waals surface area contributed by atoms with Gasteiger partial charge in [0.1, 0.15) is 5.82 Å². The average molecular weight is 526 g/mol. The first-order valence-corrected chi connectivity index (χ1v) is 14.1. The first-order chi connectivity index (χ1) is 16.2. The maximum absolute atomic E-state index is 13.2. The van der Waals surface area contributed by atoms with Crippen molar-refractivity contribution in [2.24, 2.45) is 0 Å². The highest BCUT2D eigenvalue weighted by Gasteiger charge is 2.22. The molecule has 0 aliphatic heterocycles. The maximum atomic E-state index is 13.2. The minimum absolute atomic E-state index is 0.0539. The number of sulfone groups is 1. The van der Waals surface area contributed by atoms with Crippen LogP contribution in [0, 0.1) is 12.7 Å². The molecule has 3 rings (SSSR count). The number of halogens is 2. The smallest absolute Gasteiger partial charge is 0.228 e. The first-order valence-electron chi connectivity index (χ1n) is 11.2. The second kappa shape index (κ2) is 11.6. The van der Waals surface area contributed by atoms with E-state index in [1.54, 1.807) is 4.90 Å². The van der Waals surface area contributed by atoms with E-state index in [0.717, 1.165) is 41.0 Å². The minimum Gasteiger partial charge on any atom is -0.302 e. The van der Waals surface area contributed by atoms with Crippen LogP contribution < -0.4 is 4.90 Å². The third-order valence-corrected chi connectivity index (χ3v) is 9.05. The number of carbonyl (C=O) groups excluding carboxylic acids is 1. The molecule has 0 aliphatic rings. The van der Waals surface area contributed by atoms with Crippen molar-refractivity contribution in [1.82, 2.24) is 9.88 Å². The van der Waals surface area contributed by atoms with Crippen LogP contribution in [0.25, 0.3) is 10.2 Å². The number of fused-ring (bicyclic) bond motifs is 1. The summed E-state index contributed by atoms with van der Waals surface area (Å²) < 4.78 is 39.2. The molecular formula is C24H29ClFN3O3S2. The molecule has 0 spiro atoms. The van der Waals surface area contributed by atoms with Crippen LogP contribution in [0.15, 0.2) is 41.3 Å². The molecule has 0 N–H and O–H groups in total. The highest BCUT2D eigenvalue weighted by Crippen LogP contribution is 2.34. The molecule has 2 aromatic carbocycles. The van der Waals surface area contributed by atoms with Crippen molar-refractivity contribution < 1.29 is 17.6 Å². The average Bonchev–Trinajstić information content (AvgIpc) is 3.24. The van der Waals surface area contributed by atoms with E-state index >= 15 is 0 Å². The number of amides is 1. The van der Waals surface area contributed by atoms with Gasteiger partial charge in [-0.1, -0.05) is 36.8 Å². The third-order valence-electron chi connectivity index (χ3n) is 5.78. The number of likely N-dealkylation sites (N-methyl/N-ethyl adjacent to an activating group) is 1. The standard InChI is InChI=1S/C24H29ClFN3O3S2/c1-4-28(5-2)14-15-29(24-27-23-17(3)20(25)12-13-21(23)33-24)22(30)7-6-16-34(31,32)19-10-8-18(26)9-11-19/h8-13H,4-7,14-16H2,1-3H3. The SMILES string of the molecule is CCN(CC)CCN(C(=O)CCCS(=O)(=O)c1ccc(F)cc1)c1nc2c(C)c(Cl)ccc2s1. The molecule has 0 radical (unpaired) electrons. The fraction of sp³-hybridized carbons (Fsp3) is 0.417. The Labute approximate surface area is 209 Å². The Hall–Kier alpha value is -2.07. The Morgan fingerprint density at radius 3 is 2.41 bits per heavy atom. The monoisotopic (exact) mass is 525 g/mol. The largest absolute Gasteiger partial charge is 0.302 e. The van der Waals surface area contributed by atoms with Crippen molar-refractivity contribution in [3.05, 3.63) is 52.8 Å². The summed E-state index contributed by atoms with van der Waals surface area (Å²) in [6.07, 6.45) is 0.227. The molecule has 184 valence electrons. The Kier molecular flexibility index (Phi) is 9.03. The zero-order valence-electron chi connectivity index (χ0n) is 19.6. The van der Waals surface area contributed by atoms with E-state index in [1.165, 1.54) is 23.5 Å². The summed E-state index contributed by atoms with van der Waals surface area (Å²) in [5.41, 5.74) is 1.63. The molecule has 0 unspecified atom stereocenters. The van der Waals surface area contributed by atoms with Gasteiger partial charge in [0.15, 0.2) is 15.0 Å². The zero-order valence-corrected chi connectivity index (χ0v) is 21.9. The topological polar surface area (TPSA) is 70.6 Å². The number of benzene rings is 2. The van der Waals surface area contributed by atoms with Gasteiger partial charge in [-0.15, -0.1) is 0 Å². The molecule has 1 heterocycles. The Morgan fingerprint density at radius 2 is 1.76 bits per heavy atom. The second-order valence-electron chi connectivity index (χ2n) is 7.96. The van der Waals surface area contributed by atoms with Gasteiger partial charge in [-0.3, -0.25) is 9.69 Å². The summed E-state index contributed by atoms with van der Waals surface area (Å²) >= 11 is 7.67. The van der Waals surface area contributed by atoms with Crippen molar-refractivity contribution in [3.8, 4) is 0 Å². The number of rotatable bonds is 11. The summed E-state index contributed by atoms with van der Waals surface area (Å²) in [5, 5.41) is 1.20. The molecule has 1 aromatic heterocycles. The van der Waals surface area contributed by atoms with E-state index in [9.17, 15) is 17.6 Å². The Bertz CT molecular complexity index is 1240. The summed E-state index contributed by atoms with van der Waals surface area (Å²) in [4.78, 5) is 21.9. The zero-order chi connectivity index (χ0) is 24.9. The molecule has 0 saturated carbocycles. The fourth-order valence-electron chi connectivity index (χ4n) is 3.62. The number of nitrogens with zero attached hydrogens (tertiary/aromatic N) is 3. The lowest BCUT2D eigenvalue weighted by molar-refractivity contribution is -0.118. The number of hydrogen-bond acceptors (Lipinski definition) is 6. The van der Waals surface area contributed by atoms with Gasteiger partial charge in [-0.2, -0.15) is 0 Å². The number of aryl methyl sites for hydroxylation is 1. The lowest BCUT2D eigenvalue weighted by Gasteiger charge is -2.24. The molecule has 1 amide bonds. The number of carbonyl (C=O) groups is 1. The highest BCUT2D eigenvalue weighted by atomic mass is 35.5. The molecule has 0 bridgehead atoms. The van der Waals surface area contributed by atoms with Crippen LogP contribution in [-0.2, 0) is 14.6 Å². The van der Waals surface area contributed by atoms with E-state index < -0.39 is 15.7 Å². The number of hydrogen-bond donors (Lipinski definition) is 0. The molecular weight excluding hydrogens is 497 g/mol. The Balaban J connectivity index is 1.77. The van der Waals surface area contributed by atoms with Gasteiger partial charge in [0.05, 0.1) is 20.9 Å². The summed E-state index contributed by atoms with van der Waals surface area (Å²) in [7, 11) is -3.60. The van der Waals surface area contributed by atoms with Gasteiger partial charge in [0, 0.05) is 24.5 Å². The van der Waals surface area contributed by atoms with Crippen LogP contribution in [0.4, 0.5) is 9.52 Å². The van der Waals surface area contributed by atoms with Gasteiger partial charge in [0.25, 0.3) is 0 Å². The van der Waals surface area contributed by atoms with Gasteiger partial charge in [0.2, 0.25) is 5.91 Å². The van der Waals surface area contributed by atoms with Gasteiger partial charge >= 0.3 is 0 Å². The van der Waals surface area contributed by atoms with Gasteiger partial charge < -0.3 is 4.90 Å². The molecule has 10 heteroatoms. The van der Waals surface area contributed by atoms with Gasteiger partial charge in [-0.25, -0.2) is 17.8 Å². The predicted molar refractivity (Wildman–Crippen MR) is 137 cm³/mol. The van der Waals surface area contributed by atoms with E-state index in [1.807, 2.05) is 19.1 Å².